The molecule has 2 aromatic carbocycles. The second kappa shape index (κ2) is 8.13. The first kappa shape index (κ1) is 18.7. The van der Waals surface area contributed by atoms with Crippen LogP contribution in [0.4, 0.5) is 0 Å². The quantitative estimate of drug-likeness (QED) is 0.529. The van der Waals surface area contributed by atoms with E-state index in [9.17, 15) is 9.59 Å². The molecule has 0 radical (unpaired) electrons. The Labute approximate surface area is 170 Å². The van der Waals surface area contributed by atoms with E-state index in [1.807, 2.05) is 36.4 Å². The Morgan fingerprint density at radius 3 is 2.52 bits per heavy atom. The molecule has 0 spiro atoms. The molecule has 0 fully saturated rings. The average molecular weight is 400 g/mol. The minimum absolute atomic E-state index is 0.183. The largest absolute Gasteiger partial charge is 0.478 e. The number of hydrogen-bond donors (Lipinski definition) is 1. The number of rotatable bonds is 4. The number of hydrogen-bond acceptors (Lipinski definition) is 4. The molecule has 5 nitrogen and oxygen atoms in total. The topological polar surface area (TPSA) is 72.2 Å². The van der Waals surface area contributed by atoms with E-state index in [4.69, 9.17) is 5.11 Å². The van der Waals surface area contributed by atoms with Gasteiger partial charge in [-0.1, -0.05) is 48.4 Å². The minimum Gasteiger partial charge on any atom is -0.478 e. The van der Waals surface area contributed by atoms with Gasteiger partial charge in [0.1, 0.15) is 5.52 Å². The predicted molar refractivity (Wildman–Crippen MR) is 113 cm³/mol. The first-order valence-electron chi connectivity index (χ1n) is 8.95. The maximum Gasteiger partial charge on any atom is 0.335 e. The van der Waals surface area contributed by atoms with Crippen LogP contribution in [0.15, 0.2) is 71.7 Å². The predicted octanol–water partition coefficient (Wildman–Crippen LogP) is 3.80. The molecule has 6 heteroatoms. The summed E-state index contributed by atoms with van der Waals surface area (Å²) in [6.07, 6.45) is 2.36. The smallest absolute Gasteiger partial charge is 0.335 e. The van der Waals surface area contributed by atoms with E-state index in [-0.39, 0.29) is 11.1 Å². The lowest BCUT2D eigenvalue weighted by atomic mass is 10.1. The maximum absolute atomic E-state index is 12.8. The van der Waals surface area contributed by atoms with Gasteiger partial charge in [-0.3, -0.25) is 4.79 Å². The minimum atomic E-state index is -0.974. The maximum atomic E-state index is 12.8. The van der Waals surface area contributed by atoms with E-state index in [1.165, 1.54) is 23.5 Å². The van der Waals surface area contributed by atoms with Gasteiger partial charge in [-0.15, -0.1) is 11.3 Å². The zero-order valence-corrected chi connectivity index (χ0v) is 16.1. The molecular formula is C23H16N2O3S. The summed E-state index contributed by atoms with van der Waals surface area (Å²) in [5.41, 5.74) is 2.42. The van der Waals surface area contributed by atoms with Gasteiger partial charge in [0.25, 0.3) is 5.56 Å². The molecule has 0 amide bonds. The molecule has 0 saturated heterocycles. The van der Waals surface area contributed by atoms with Gasteiger partial charge in [-0.05, 0) is 35.2 Å². The average Bonchev–Trinajstić information content (AvgIpc) is 3.15. The molecule has 4 aromatic rings. The van der Waals surface area contributed by atoms with Crippen molar-refractivity contribution < 1.29 is 9.90 Å². The number of aromatic nitrogens is 2. The first-order chi connectivity index (χ1) is 14.1. The number of fused-ring (bicyclic) bond motifs is 1. The molecule has 142 valence electrons. The second-order valence-corrected chi connectivity index (χ2v) is 7.48. The number of carbonyl (C=O) groups is 1. The van der Waals surface area contributed by atoms with Crippen molar-refractivity contribution in [1.82, 2.24) is 9.55 Å². The summed E-state index contributed by atoms with van der Waals surface area (Å²) >= 11 is 1.40. The fraction of sp³-hybridized carbons (Fsp3) is 0.0870. The van der Waals surface area contributed by atoms with Crippen LogP contribution in [0.3, 0.4) is 0 Å². The molecule has 0 aliphatic carbocycles. The van der Waals surface area contributed by atoms with Crippen molar-refractivity contribution in [3.8, 4) is 11.8 Å². The van der Waals surface area contributed by atoms with Crippen molar-refractivity contribution in [3.63, 3.8) is 0 Å². The van der Waals surface area contributed by atoms with Crippen LogP contribution in [-0.4, -0.2) is 20.6 Å². The van der Waals surface area contributed by atoms with Crippen LogP contribution in [0.1, 0.15) is 26.5 Å². The lowest BCUT2D eigenvalue weighted by Gasteiger charge is -2.06. The Bertz CT molecular complexity index is 1290. The van der Waals surface area contributed by atoms with Crippen LogP contribution in [0.5, 0.6) is 0 Å². The summed E-state index contributed by atoms with van der Waals surface area (Å²) in [5.74, 6) is 5.18. The van der Waals surface area contributed by atoms with Crippen molar-refractivity contribution in [3.05, 3.63) is 98.9 Å². The number of aromatic carboxylic acids is 1. The zero-order chi connectivity index (χ0) is 20.2. The molecule has 0 unspecified atom stereocenters. The van der Waals surface area contributed by atoms with Crippen LogP contribution in [-0.2, 0) is 13.0 Å². The van der Waals surface area contributed by atoms with Gasteiger partial charge >= 0.3 is 5.97 Å². The molecule has 0 saturated carbocycles. The molecule has 0 bridgehead atoms. The lowest BCUT2D eigenvalue weighted by molar-refractivity contribution is 0.0697. The highest BCUT2D eigenvalue weighted by Crippen LogP contribution is 2.18. The van der Waals surface area contributed by atoms with Crippen LogP contribution < -0.4 is 5.56 Å². The zero-order valence-electron chi connectivity index (χ0n) is 15.3. The second-order valence-electron chi connectivity index (χ2n) is 6.45. The highest BCUT2D eigenvalue weighted by atomic mass is 32.1. The Morgan fingerprint density at radius 1 is 1.03 bits per heavy atom. The molecule has 1 N–H and O–H groups in total. The van der Waals surface area contributed by atoms with Gasteiger partial charge in [0.15, 0.2) is 5.01 Å². The molecule has 0 aliphatic rings. The van der Waals surface area contributed by atoms with Crippen LogP contribution >= 0.6 is 11.3 Å². The highest BCUT2D eigenvalue weighted by Gasteiger charge is 2.09. The molecule has 2 heterocycles. The van der Waals surface area contributed by atoms with E-state index in [2.05, 4.69) is 16.8 Å². The Hall–Kier alpha value is -3.69. The number of carboxylic acids is 1. The van der Waals surface area contributed by atoms with E-state index in [1.54, 1.807) is 22.9 Å². The first-order valence-corrected chi connectivity index (χ1v) is 9.77. The number of thiazole rings is 1. The van der Waals surface area contributed by atoms with Gasteiger partial charge in [0.05, 0.1) is 16.8 Å². The van der Waals surface area contributed by atoms with Gasteiger partial charge in [0.2, 0.25) is 0 Å². The van der Waals surface area contributed by atoms with Gasteiger partial charge in [0, 0.05) is 12.6 Å². The monoisotopic (exact) mass is 400 g/mol. The third-order valence-corrected chi connectivity index (χ3v) is 5.34. The lowest BCUT2D eigenvalue weighted by Crippen LogP contribution is -2.20. The van der Waals surface area contributed by atoms with Crippen LogP contribution in [0, 0.1) is 11.8 Å². The van der Waals surface area contributed by atoms with Crippen molar-refractivity contribution in [2.75, 3.05) is 0 Å². The number of nitrogens with zero attached hydrogens (tertiary/aromatic N) is 2. The fourth-order valence-corrected chi connectivity index (χ4v) is 3.73. The Balaban J connectivity index is 1.56. The third-order valence-electron chi connectivity index (χ3n) is 4.41. The highest BCUT2D eigenvalue weighted by molar-refractivity contribution is 7.19. The standard InChI is InChI=1S/C23H16N2O3S/c26-22-21-19(29-20(24-21)8-4-7-16-5-2-1-3-6-16)13-14-25(22)15-17-9-11-18(12-10-17)23(27)28/h1-3,5-6,9-14H,7,15H2,(H,27,28). The van der Waals surface area contributed by atoms with Crippen LogP contribution in [0.2, 0.25) is 0 Å². The third kappa shape index (κ3) is 4.26. The summed E-state index contributed by atoms with van der Waals surface area (Å²) < 4.78 is 2.37. The molecular weight excluding hydrogens is 384 g/mol. The van der Waals surface area contributed by atoms with Gasteiger partial charge in [-0.2, -0.15) is 0 Å². The molecule has 0 atom stereocenters. The fourth-order valence-electron chi connectivity index (χ4n) is 2.90. The van der Waals surface area contributed by atoms with Gasteiger partial charge < -0.3 is 9.67 Å². The summed E-state index contributed by atoms with van der Waals surface area (Å²) in [6, 6.07) is 18.3. The van der Waals surface area contributed by atoms with Crippen molar-refractivity contribution in [2.24, 2.45) is 0 Å². The Kier molecular flexibility index (Phi) is 5.23. The number of pyridine rings is 1. The number of benzene rings is 2. The van der Waals surface area contributed by atoms with Crippen molar-refractivity contribution >= 4 is 27.5 Å². The number of carboxylic acid groups (broad SMARTS) is 1. The van der Waals surface area contributed by atoms with Gasteiger partial charge in [-0.25, -0.2) is 9.78 Å². The SMILES string of the molecule is O=C(O)c1ccc(Cn2ccc3sc(C#CCc4ccccc4)nc3c2=O)cc1. The molecule has 0 aliphatic heterocycles. The summed E-state index contributed by atoms with van der Waals surface area (Å²) in [5, 5.41) is 9.61. The van der Waals surface area contributed by atoms with Crippen molar-refractivity contribution in [1.29, 1.82) is 0 Å². The normalized spacial score (nSPS) is 10.5. The summed E-state index contributed by atoms with van der Waals surface area (Å²) in [6.45, 7) is 0.348. The van der Waals surface area contributed by atoms with E-state index >= 15 is 0 Å². The Morgan fingerprint density at radius 2 is 1.79 bits per heavy atom. The summed E-state index contributed by atoms with van der Waals surface area (Å²) in [7, 11) is 0. The molecule has 2 aromatic heterocycles. The van der Waals surface area contributed by atoms with Crippen molar-refractivity contribution in [2.45, 2.75) is 13.0 Å². The van der Waals surface area contributed by atoms with E-state index < -0.39 is 5.97 Å². The van der Waals surface area contributed by atoms with E-state index in [0.29, 0.717) is 23.5 Å². The molecule has 4 rings (SSSR count). The van der Waals surface area contributed by atoms with Crippen LogP contribution in [0.25, 0.3) is 10.2 Å². The van der Waals surface area contributed by atoms with E-state index in [0.717, 1.165) is 15.8 Å². The molecule has 29 heavy (non-hydrogen) atoms. The summed E-state index contributed by atoms with van der Waals surface area (Å²) in [4.78, 5) is 28.2.